The summed E-state index contributed by atoms with van der Waals surface area (Å²) in [6.45, 7) is 8.20. The van der Waals surface area contributed by atoms with Crippen LogP contribution in [0.2, 0.25) is 0 Å². The fourth-order valence-electron chi connectivity index (χ4n) is 9.20. The van der Waals surface area contributed by atoms with Crippen LogP contribution in [-0.2, 0) is 32.1 Å². The minimum absolute atomic E-state index is 0.00618. The third-order valence-electron chi connectivity index (χ3n) is 13.3. The van der Waals surface area contributed by atoms with Gasteiger partial charge in [-0.05, 0) is 72.4 Å². The first-order chi connectivity index (χ1) is 34.5. The van der Waals surface area contributed by atoms with E-state index in [2.05, 4.69) is 37.5 Å². The monoisotopic (exact) mass is 1000 g/mol. The molecule has 0 bridgehead atoms. The van der Waals surface area contributed by atoms with E-state index >= 15 is 0 Å². The number of hydrogen-bond donors (Lipinski definition) is 6. The van der Waals surface area contributed by atoms with E-state index in [0.717, 1.165) is 59.4 Å². The molecule has 7 rings (SSSR count). The fourth-order valence-corrected chi connectivity index (χ4v) is 10.0. The molecule has 6 amide bonds. The van der Waals surface area contributed by atoms with Crippen molar-refractivity contribution in [2.24, 2.45) is 5.41 Å². The van der Waals surface area contributed by atoms with Crippen LogP contribution in [0.4, 0.5) is 0 Å². The van der Waals surface area contributed by atoms with Crippen molar-refractivity contribution in [1.82, 2.24) is 41.2 Å². The van der Waals surface area contributed by atoms with Gasteiger partial charge in [0.25, 0.3) is 11.8 Å². The Balaban J connectivity index is 0.765. The average Bonchev–Trinajstić information content (AvgIpc) is 4.19. The quantitative estimate of drug-likeness (QED) is 0.0427. The standard InChI is InChI=1S/C54H66N8O9S/c1-33-48(72-32-57-33)36-19-17-34(18-20-36)30-56-51(68)43-28-38(63)31-62(43)53(70)49(54(2,3)4)59-47(66)16-10-8-6-7-9-15-46(65)55-25-26-61(5)52(69)40-23-21-37(27-44(40)64)45-29-42(60-71-45)50(67)58-41-24-22-35-13-11-12-14-39(35)41/h11-14,17-21,23,27,29,32,38,41,43,49,63-64H,6-10,15-16,22,24-26,28,30-31H2,1-5H3,(H,55,65)(H,56,68)(H,58,67)(H,59,66)/t38-,41-,43+,49-/m1/s1. The molecule has 1 aliphatic carbocycles. The maximum atomic E-state index is 14.0. The maximum absolute atomic E-state index is 14.0. The van der Waals surface area contributed by atoms with Gasteiger partial charge in [-0.1, -0.05) is 99.8 Å². The second kappa shape index (κ2) is 24.0. The number of nitrogens with one attached hydrogen (secondary N) is 4. The summed E-state index contributed by atoms with van der Waals surface area (Å²) in [5.74, 6) is -2.01. The summed E-state index contributed by atoms with van der Waals surface area (Å²) in [5.41, 5.74) is 6.96. The summed E-state index contributed by atoms with van der Waals surface area (Å²) < 4.78 is 5.42. The number of aromatic nitrogens is 2. The Labute approximate surface area is 424 Å². The Morgan fingerprint density at radius 3 is 2.32 bits per heavy atom. The molecule has 0 spiro atoms. The van der Waals surface area contributed by atoms with Crippen molar-refractivity contribution in [3.05, 3.63) is 112 Å². The second-order valence-electron chi connectivity index (χ2n) is 19.9. The molecule has 0 saturated carbocycles. The molecule has 0 unspecified atom stereocenters. The lowest BCUT2D eigenvalue weighted by Crippen LogP contribution is -2.57. The fraction of sp³-hybridized carbons (Fsp3) is 0.444. The van der Waals surface area contributed by atoms with Gasteiger partial charge in [0.1, 0.15) is 17.8 Å². The lowest BCUT2D eigenvalue weighted by molar-refractivity contribution is -0.144. The molecule has 18 heteroatoms. The van der Waals surface area contributed by atoms with E-state index in [1.165, 1.54) is 33.6 Å². The number of carbonyl (C=O) groups excluding carboxylic acids is 6. The minimum atomic E-state index is -0.910. The number of aryl methyl sites for hydroxylation is 2. The number of benzene rings is 3. The summed E-state index contributed by atoms with van der Waals surface area (Å²) >= 11 is 1.57. The maximum Gasteiger partial charge on any atom is 0.273 e. The van der Waals surface area contributed by atoms with Crippen molar-refractivity contribution in [3.63, 3.8) is 0 Å². The second-order valence-corrected chi connectivity index (χ2v) is 20.7. The number of aliphatic hydroxyl groups is 1. The number of rotatable bonds is 21. The molecule has 2 aromatic heterocycles. The van der Waals surface area contributed by atoms with Gasteiger partial charge in [-0.25, -0.2) is 4.98 Å². The molecule has 0 radical (unpaired) electrons. The van der Waals surface area contributed by atoms with Crippen molar-refractivity contribution >= 4 is 46.8 Å². The number of likely N-dealkylation sites (tertiary alicyclic amines) is 1. The molecule has 2 aliphatic rings. The Morgan fingerprint density at radius 1 is 0.903 bits per heavy atom. The average molecular weight is 1000 g/mol. The number of β-amino-alcohol motifs (C(OH)–C–C–N with tert-alkyl or cyclic N) is 1. The first kappa shape index (κ1) is 52.9. The summed E-state index contributed by atoms with van der Waals surface area (Å²) in [6, 6.07) is 19.9. The van der Waals surface area contributed by atoms with Crippen molar-refractivity contribution < 1.29 is 43.5 Å². The van der Waals surface area contributed by atoms with Crippen molar-refractivity contribution in [2.45, 2.75) is 123 Å². The van der Waals surface area contributed by atoms with Crippen LogP contribution < -0.4 is 21.3 Å². The number of unbranched alkanes of at least 4 members (excludes halogenated alkanes) is 4. The molecule has 4 atom stereocenters. The molecule has 1 aliphatic heterocycles. The first-order valence-corrected chi connectivity index (χ1v) is 25.6. The van der Waals surface area contributed by atoms with E-state index in [1.807, 2.05) is 75.7 Å². The zero-order chi connectivity index (χ0) is 51.5. The summed E-state index contributed by atoms with van der Waals surface area (Å²) in [7, 11) is 1.58. The van der Waals surface area contributed by atoms with Gasteiger partial charge in [0.2, 0.25) is 23.6 Å². The van der Waals surface area contributed by atoms with E-state index in [1.54, 1.807) is 24.5 Å². The molecule has 5 aromatic rings. The summed E-state index contributed by atoms with van der Waals surface area (Å²) in [5, 5.41) is 37.0. The van der Waals surface area contributed by atoms with Gasteiger partial charge >= 0.3 is 0 Å². The van der Waals surface area contributed by atoms with Crippen LogP contribution in [0.1, 0.15) is 128 Å². The number of likely N-dealkylation sites (N-methyl/N-ethyl adjacent to an activating group) is 1. The smallest absolute Gasteiger partial charge is 0.273 e. The molecular formula is C54H66N8O9S. The molecule has 1 saturated heterocycles. The molecule has 17 nitrogen and oxygen atoms in total. The molecular weight excluding hydrogens is 937 g/mol. The van der Waals surface area contributed by atoms with Crippen molar-refractivity contribution in [3.8, 4) is 27.5 Å². The third kappa shape index (κ3) is 13.5. The number of nitrogens with zero attached hydrogens (tertiary/aromatic N) is 4. The number of amides is 6. The lowest BCUT2D eigenvalue weighted by atomic mass is 9.85. The molecule has 1 fully saturated rings. The largest absolute Gasteiger partial charge is 0.507 e. The highest BCUT2D eigenvalue weighted by atomic mass is 32.1. The highest BCUT2D eigenvalue weighted by Gasteiger charge is 2.44. The molecule has 382 valence electrons. The highest BCUT2D eigenvalue weighted by Crippen LogP contribution is 2.33. The Bertz CT molecular complexity index is 2730. The van der Waals surface area contributed by atoms with E-state index in [0.29, 0.717) is 24.8 Å². The number of thiazole rings is 1. The van der Waals surface area contributed by atoms with Crippen LogP contribution in [0.5, 0.6) is 5.75 Å². The van der Waals surface area contributed by atoms with Crippen LogP contribution >= 0.6 is 11.3 Å². The molecule has 72 heavy (non-hydrogen) atoms. The van der Waals surface area contributed by atoms with E-state index in [4.69, 9.17) is 4.52 Å². The van der Waals surface area contributed by atoms with Gasteiger partial charge in [0, 0.05) is 64.1 Å². The lowest BCUT2D eigenvalue weighted by Gasteiger charge is -2.35. The Morgan fingerprint density at radius 2 is 1.61 bits per heavy atom. The molecule has 6 N–H and O–H groups in total. The highest BCUT2D eigenvalue weighted by molar-refractivity contribution is 7.13. The summed E-state index contributed by atoms with van der Waals surface area (Å²) in [6.07, 6.45) is 5.02. The van der Waals surface area contributed by atoms with Gasteiger partial charge < -0.3 is 45.8 Å². The normalized spacial score (nSPS) is 16.7. The molecule has 3 heterocycles. The number of aromatic hydroxyl groups is 1. The predicted octanol–water partition coefficient (Wildman–Crippen LogP) is 6.62. The minimum Gasteiger partial charge on any atom is -0.507 e. The number of hydrogen-bond acceptors (Lipinski definition) is 12. The number of carbonyl (C=O) groups is 6. The van der Waals surface area contributed by atoms with Crippen LogP contribution in [-0.4, -0.2) is 110 Å². The van der Waals surface area contributed by atoms with Crippen LogP contribution in [0.15, 0.2) is 82.8 Å². The summed E-state index contributed by atoms with van der Waals surface area (Å²) in [4.78, 5) is 87.6. The zero-order valence-electron chi connectivity index (χ0n) is 41.7. The SMILES string of the molecule is Cc1ncsc1-c1ccc(CNC(=O)[C@@H]2C[C@@H](O)CN2C(=O)[C@@H](NC(=O)CCCCCCCC(=O)NCCN(C)C(=O)c2ccc(-c3cc(C(=O)N[C@@H]4CCc5ccccc54)no3)cc2O)C(C)(C)C)cc1. The Hall–Kier alpha value is -6.92. The van der Waals surface area contributed by atoms with Crippen LogP contribution in [0.3, 0.4) is 0 Å². The zero-order valence-corrected chi connectivity index (χ0v) is 42.5. The predicted molar refractivity (Wildman–Crippen MR) is 273 cm³/mol. The van der Waals surface area contributed by atoms with E-state index < -0.39 is 35.4 Å². The van der Waals surface area contributed by atoms with Crippen LogP contribution in [0, 0.1) is 12.3 Å². The third-order valence-corrected chi connectivity index (χ3v) is 14.3. The molecule has 3 aromatic carbocycles. The Kier molecular flexibility index (Phi) is 17.6. The topological polar surface area (TPSA) is 236 Å². The van der Waals surface area contributed by atoms with Gasteiger partial charge in [-0.15, -0.1) is 11.3 Å². The number of aliphatic hydroxyl groups excluding tert-OH is 1. The van der Waals surface area contributed by atoms with Crippen molar-refractivity contribution in [2.75, 3.05) is 26.7 Å². The van der Waals surface area contributed by atoms with Crippen LogP contribution in [0.25, 0.3) is 21.8 Å². The van der Waals surface area contributed by atoms with Gasteiger partial charge in [-0.3, -0.25) is 28.8 Å². The van der Waals surface area contributed by atoms with Gasteiger partial charge in [0.05, 0.1) is 33.8 Å². The van der Waals surface area contributed by atoms with Gasteiger partial charge in [-0.2, -0.15) is 0 Å². The van der Waals surface area contributed by atoms with Crippen molar-refractivity contribution in [1.29, 1.82) is 0 Å². The number of fused-ring (bicyclic) bond motifs is 1. The first-order valence-electron chi connectivity index (χ1n) is 24.7. The van der Waals surface area contributed by atoms with E-state index in [-0.39, 0.29) is 91.5 Å². The van der Waals surface area contributed by atoms with Gasteiger partial charge in [0.15, 0.2) is 11.5 Å². The number of phenolic OH excluding ortho intramolecular Hbond substituents is 1. The van der Waals surface area contributed by atoms with E-state index in [9.17, 15) is 39.0 Å². The number of phenols is 1.